The second kappa shape index (κ2) is 7.42. The zero-order valence-corrected chi connectivity index (χ0v) is 20.2. The fourth-order valence-corrected chi connectivity index (χ4v) is 8.93. The van der Waals surface area contributed by atoms with Crippen molar-refractivity contribution in [2.75, 3.05) is 0 Å². The molecule has 4 saturated carbocycles. The first-order chi connectivity index (χ1) is 15.1. The quantitative estimate of drug-likeness (QED) is 0.696. The minimum Gasteiger partial charge on any atom is -0.390 e. The van der Waals surface area contributed by atoms with Crippen LogP contribution in [0.4, 0.5) is 0 Å². The number of fused-ring (bicyclic) bond motifs is 5. The molecule has 4 fully saturated rings. The summed E-state index contributed by atoms with van der Waals surface area (Å²) >= 11 is 0. The number of hydrogen-bond donors (Lipinski definition) is 1. The standard InChI is InChI=1S/C27H39N3O2/c1-17(30-16-18(14-28)15-29-30)24(31)23-8-7-21-20-6-5-19-13-25(2,32)11-12-26(19,3)22(20)9-10-27(21,23)4/h15-17,19-23,32H,5-13H2,1-4H3/t17-,19-,20+,21+,22+,23-,25-,26+,27+/m1/s1. The molecule has 0 amide bonds. The first-order valence-corrected chi connectivity index (χ1v) is 12.8. The Kier molecular flexibility index (Phi) is 5.13. The topological polar surface area (TPSA) is 78.9 Å². The second-order valence-electron chi connectivity index (χ2n) is 12.4. The molecule has 5 rings (SSSR count). The van der Waals surface area contributed by atoms with Gasteiger partial charge in [-0.1, -0.05) is 13.8 Å². The number of hydrogen-bond acceptors (Lipinski definition) is 4. The molecular weight excluding hydrogens is 398 g/mol. The molecule has 0 radical (unpaired) electrons. The Balaban J connectivity index is 1.36. The largest absolute Gasteiger partial charge is 0.390 e. The number of carbonyl (C=O) groups excluding carboxylic acids is 1. The Bertz CT molecular complexity index is 945. The molecule has 1 N–H and O–H groups in total. The number of aliphatic hydroxyl groups is 1. The minimum atomic E-state index is -0.487. The monoisotopic (exact) mass is 437 g/mol. The zero-order chi connectivity index (χ0) is 22.9. The summed E-state index contributed by atoms with van der Waals surface area (Å²) in [6.45, 7) is 8.90. The number of aromatic nitrogens is 2. The third-order valence-corrected chi connectivity index (χ3v) is 10.8. The first-order valence-electron chi connectivity index (χ1n) is 12.8. The van der Waals surface area contributed by atoms with Gasteiger partial charge in [0.15, 0.2) is 5.78 Å². The molecule has 5 nitrogen and oxygen atoms in total. The van der Waals surface area contributed by atoms with Gasteiger partial charge in [-0.3, -0.25) is 9.48 Å². The number of carbonyl (C=O) groups is 1. The molecule has 1 heterocycles. The average molecular weight is 438 g/mol. The molecule has 4 aliphatic rings. The van der Waals surface area contributed by atoms with Gasteiger partial charge in [0, 0.05) is 12.1 Å². The highest BCUT2D eigenvalue weighted by atomic mass is 16.3. The smallest absolute Gasteiger partial charge is 0.160 e. The van der Waals surface area contributed by atoms with Crippen molar-refractivity contribution in [1.82, 2.24) is 9.78 Å². The van der Waals surface area contributed by atoms with Crippen molar-refractivity contribution in [2.45, 2.75) is 97.1 Å². The van der Waals surface area contributed by atoms with Crippen molar-refractivity contribution in [3.05, 3.63) is 18.0 Å². The molecule has 5 heteroatoms. The maximum atomic E-state index is 13.7. The molecule has 9 atom stereocenters. The van der Waals surface area contributed by atoms with Crippen molar-refractivity contribution in [2.24, 2.45) is 40.4 Å². The van der Waals surface area contributed by atoms with Crippen molar-refractivity contribution >= 4 is 5.78 Å². The van der Waals surface area contributed by atoms with E-state index in [-0.39, 0.29) is 17.4 Å². The van der Waals surface area contributed by atoms with E-state index in [1.165, 1.54) is 25.7 Å². The molecular formula is C27H39N3O2. The van der Waals surface area contributed by atoms with Crippen molar-refractivity contribution < 1.29 is 9.90 Å². The van der Waals surface area contributed by atoms with Crippen LogP contribution in [-0.2, 0) is 4.79 Å². The van der Waals surface area contributed by atoms with Crippen LogP contribution >= 0.6 is 0 Å². The van der Waals surface area contributed by atoms with Gasteiger partial charge in [0.1, 0.15) is 12.1 Å². The molecule has 1 aromatic rings. The van der Waals surface area contributed by atoms with Crippen LogP contribution in [0.15, 0.2) is 12.4 Å². The van der Waals surface area contributed by atoms with E-state index < -0.39 is 5.60 Å². The predicted molar refractivity (Wildman–Crippen MR) is 123 cm³/mol. The van der Waals surface area contributed by atoms with Crippen LogP contribution in [-0.4, -0.2) is 26.3 Å². The predicted octanol–water partition coefficient (Wildman–Crippen LogP) is 5.29. The lowest BCUT2D eigenvalue weighted by molar-refractivity contribution is -0.151. The third-order valence-electron chi connectivity index (χ3n) is 10.8. The third kappa shape index (κ3) is 3.20. The van der Waals surface area contributed by atoms with Crippen LogP contribution in [0.2, 0.25) is 0 Å². The van der Waals surface area contributed by atoms with E-state index in [4.69, 9.17) is 5.26 Å². The highest BCUT2D eigenvalue weighted by molar-refractivity contribution is 5.85. The second-order valence-corrected chi connectivity index (χ2v) is 12.4. The summed E-state index contributed by atoms with van der Waals surface area (Å²) in [5, 5.41) is 24.1. The fraction of sp³-hybridized carbons (Fsp3) is 0.815. The van der Waals surface area contributed by atoms with Gasteiger partial charge in [-0.25, -0.2) is 0 Å². The molecule has 4 aliphatic carbocycles. The summed E-state index contributed by atoms with van der Waals surface area (Å²) in [6, 6.07) is 1.80. The Labute approximate surface area is 192 Å². The molecule has 0 aliphatic heterocycles. The number of ketones is 1. The molecule has 0 spiro atoms. The Hall–Kier alpha value is -1.67. The van der Waals surface area contributed by atoms with Crippen molar-refractivity contribution in [3.63, 3.8) is 0 Å². The van der Waals surface area contributed by atoms with Gasteiger partial charge in [-0.2, -0.15) is 10.4 Å². The van der Waals surface area contributed by atoms with E-state index in [1.807, 2.05) is 13.8 Å². The summed E-state index contributed by atoms with van der Waals surface area (Å²) in [4.78, 5) is 13.7. The average Bonchev–Trinajstić information content (AvgIpc) is 3.37. The SMILES string of the molecule is C[C@H](C(=O)[C@H]1CC[C@H]2[C@@H]3CC[C@@H]4C[C@](C)(O)CC[C@]4(C)[C@H]3CC[C@]12C)n1cc(C#N)cn1. The maximum Gasteiger partial charge on any atom is 0.160 e. The molecule has 1 aromatic heterocycles. The molecule has 32 heavy (non-hydrogen) atoms. The van der Waals surface area contributed by atoms with E-state index in [0.717, 1.165) is 43.9 Å². The molecule has 0 bridgehead atoms. The lowest BCUT2D eigenvalue weighted by atomic mass is 9.44. The van der Waals surface area contributed by atoms with Gasteiger partial charge >= 0.3 is 0 Å². The van der Waals surface area contributed by atoms with Gasteiger partial charge in [-0.05, 0) is 106 Å². The number of nitrogens with zero attached hydrogens (tertiary/aromatic N) is 3. The highest BCUT2D eigenvalue weighted by Crippen LogP contribution is 2.68. The molecule has 0 aromatic carbocycles. The van der Waals surface area contributed by atoms with E-state index in [2.05, 4.69) is 25.0 Å². The first kappa shape index (κ1) is 22.1. The number of nitriles is 1. The molecule has 0 unspecified atom stereocenters. The van der Waals surface area contributed by atoms with E-state index in [9.17, 15) is 9.90 Å². The summed E-state index contributed by atoms with van der Waals surface area (Å²) in [6.07, 6.45) is 13.3. The van der Waals surface area contributed by atoms with Gasteiger partial charge < -0.3 is 5.11 Å². The maximum absolute atomic E-state index is 13.7. The minimum absolute atomic E-state index is 0.0844. The Morgan fingerprint density at radius 3 is 2.59 bits per heavy atom. The van der Waals surface area contributed by atoms with Crippen LogP contribution in [0.5, 0.6) is 0 Å². The van der Waals surface area contributed by atoms with E-state index >= 15 is 0 Å². The Morgan fingerprint density at radius 2 is 1.88 bits per heavy atom. The summed E-state index contributed by atoms with van der Waals surface area (Å²) in [5.41, 5.74) is 0.460. The van der Waals surface area contributed by atoms with Crippen LogP contribution in [0.25, 0.3) is 0 Å². The summed E-state index contributed by atoms with van der Waals surface area (Å²) < 4.78 is 1.68. The van der Waals surface area contributed by atoms with Gasteiger partial charge in [0.05, 0.1) is 17.4 Å². The van der Waals surface area contributed by atoms with E-state index in [0.29, 0.717) is 28.6 Å². The van der Waals surface area contributed by atoms with E-state index in [1.54, 1.807) is 17.1 Å². The van der Waals surface area contributed by atoms with Crippen LogP contribution < -0.4 is 0 Å². The van der Waals surface area contributed by atoms with Crippen molar-refractivity contribution in [3.8, 4) is 6.07 Å². The molecule has 174 valence electrons. The van der Waals surface area contributed by atoms with Crippen LogP contribution in [0.3, 0.4) is 0 Å². The number of Topliss-reactive ketones (excluding diaryl/α,β-unsaturated/α-hetero) is 1. The van der Waals surface area contributed by atoms with Crippen molar-refractivity contribution in [1.29, 1.82) is 5.26 Å². The fourth-order valence-electron chi connectivity index (χ4n) is 8.93. The summed E-state index contributed by atoms with van der Waals surface area (Å²) in [7, 11) is 0. The van der Waals surface area contributed by atoms with Gasteiger partial charge in [0.25, 0.3) is 0 Å². The molecule has 0 saturated heterocycles. The van der Waals surface area contributed by atoms with Gasteiger partial charge in [0.2, 0.25) is 0 Å². The highest BCUT2D eigenvalue weighted by Gasteiger charge is 2.62. The lowest BCUT2D eigenvalue weighted by Gasteiger charge is -2.61. The van der Waals surface area contributed by atoms with Crippen LogP contribution in [0.1, 0.15) is 97.1 Å². The normalized spacial score (nSPS) is 46.4. The Morgan fingerprint density at radius 1 is 1.12 bits per heavy atom. The van der Waals surface area contributed by atoms with Gasteiger partial charge in [-0.15, -0.1) is 0 Å². The summed E-state index contributed by atoms with van der Waals surface area (Å²) in [5.74, 6) is 3.14. The zero-order valence-electron chi connectivity index (χ0n) is 20.2. The van der Waals surface area contributed by atoms with Crippen LogP contribution in [0, 0.1) is 51.8 Å². The number of rotatable bonds is 3. The lowest BCUT2D eigenvalue weighted by Crippen LogP contribution is -2.55.